The van der Waals surface area contributed by atoms with E-state index in [1.807, 2.05) is 13.8 Å². The molecule has 2 atom stereocenters. The van der Waals surface area contributed by atoms with Crippen LogP contribution < -0.4 is 10.6 Å². The van der Waals surface area contributed by atoms with E-state index >= 15 is 0 Å². The molecule has 0 saturated carbocycles. The predicted molar refractivity (Wildman–Crippen MR) is 106 cm³/mol. The zero-order valence-corrected chi connectivity index (χ0v) is 16.8. The minimum absolute atomic E-state index is 0.0570. The van der Waals surface area contributed by atoms with Crippen LogP contribution in [0.25, 0.3) is 0 Å². The van der Waals surface area contributed by atoms with Crippen molar-refractivity contribution in [2.75, 3.05) is 18.5 Å². The topological polar surface area (TPSA) is 111 Å². The minimum Gasteiger partial charge on any atom is -0.394 e. The number of nitrogens with one attached hydrogen (secondary N) is 2. The first-order valence-electron chi connectivity index (χ1n) is 9.20. The third kappa shape index (κ3) is 4.92. The molecule has 8 nitrogen and oxygen atoms in total. The van der Waals surface area contributed by atoms with Crippen molar-refractivity contribution < 1.29 is 19.4 Å². The lowest BCUT2D eigenvalue weighted by atomic mass is 10.0. The van der Waals surface area contributed by atoms with Crippen molar-refractivity contribution in [3.8, 4) is 0 Å². The average molecular weight is 424 g/mol. The number of aliphatic hydroxyl groups is 2. The van der Waals surface area contributed by atoms with E-state index in [1.54, 1.807) is 6.20 Å². The van der Waals surface area contributed by atoms with Gasteiger partial charge in [0.1, 0.15) is 5.82 Å². The highest BCUT2D eigenvalue weighted by molar-refractivity contribution is 6.30. The Morgan fingerprint density at radius 3 is 2.86 bits per heavy atom. The number of rotatable bonds is 5. The molecule has 2 heterocycles. The number of benzene rings is 1. The number of fused-ring (bicyclic) bond motifs is 1. The highest BCUT2D eigenvalue weighted by Crippen LogP contribution is 2.26. The van der Waals surface area contributed by atoms with Crippen LogP contribution in [-0.2, 0) is 6.54 Å². The van der Waals surface area contributed by atoms with Gasteiger partial charge < -0.3 is 25.7 Å². The lowest BCUT2D eigenvalue weighted by Gasteiger charge is -2.32. The molecule has 0 saturated heterocycles. The average Bonchev–Trinajstić information content (AvgIpc) is 2.67. The van der Waals surface area contributed by atoms with Gasteiger partial charge in [-0.25, -0.2) is 19.2 Å². The lowest BCUT2D eigenvalue weighted by Crippen LogP contribution is -2.46. The largest absolute Gasteiger partial charge is 0.394 e. The number of anilines is 1. The smallest absolute Gasteiger partial charge is 0.318 e. The molecule has 0 spiro atoms. The minimum atomic E-state index is -0.926. The Kier molecular flexibility index (Phi) is 6.51. The van der Waals surface area contributed by atoms with E-state index in [1.165, 1.54) is 23.1 Å². The maximum absolute atomic E-state index is 13.4. The lowest BCUT2D eigenvalue weighted by molar-refractivity contribution is 0.0996. The molecule has 156 valence electrons. The van der Waals surface area contributed by atoms with E-state index in [0.717, 1.165) is 0 Å². The van der Waals surface area contributed by atoms with E-state index in [2.05, 4.69) is 20.6 Å². The number of carbonyl (C=O) groups excluding carboxylic acids is 1. The SMILES string of the molecule is CC(C)Nc1ncc2c(n1)CN(C(=O)N[C@H](CO)c1ccc(F)c(Cl)c1)CC2O. The van der Waals surface area contributed by atoms with Crippen LogP contribution in [0.3, 0.4) is 0 Å². The van der Waals surface area contributed by atoms with Crippen molar-refractivity contribution in [3.63, 3.8) is 0 Å². The van der Waals surface area contributed by atoms with Crippen molar-refractivity contribution in [2.45, 2.75) is 38.6 Å². The van der Waals surface area contributed by atoms with Crippen LogP contribution in [0.2, 0.25) is 5.02 Å². The summed E-state index contributed by atoms with van der Waals surface area (Å²) in [5.74, 6) is -0.165. The van der Waals surface area contributed by atoms with Crippen molar-refractivity contribution in [1.82, 2.24) is 20.2 Å². The molecule has 4 N–H and O–H groups in total. The van der Waals surface area contributed by atoms with Gasteiger partial charge >= 0.3 is 6.03 Å². The number of hydrogen-bond acceptors (Lipinski definition) is 6. The number of halogens is 2. The fourth-order valence-corrected chi connectivity index (χ4v) is 3.26. The Bertz CT molecular complexity index is 898. The van der Waals surface area contributed by atoms with Crippen molar-refractivity contribution in [1.29, 1.82) is 0 Å². The molecular weight excluding hydrogens is 401 g/mol. The second-order valence-corrected chi connectivity index (χ2v) is 7.56. The first-order valence-corrected chi connectivity index (χ1v) is 9.58. The molecule has 1 aliphatic heterocycles. The second-order valence-electron chi connectivity index (χ2n) is 7.15. The normalized spacial score (nSPS) is 17.1. The number of nitrogens with zero attached hydrogens (tertiary/aromatic N) is 3. The van der Waals surface area contributed by atoms with Crippen molar-refractivity contribution in [3.05, 3.63) is 52.1 Å². The third-order valence-corrected chi connectivity index (χ3v) is 4.81. The number of urea groups is 1. The molecule has 1 unspecified atom stereocenters. The summed E-state index contributed by atoms with van der Waals surface area (Å²) in [6, 6.07) is 2.84. The van der Waals surface area contributed by atoms with Crippen LogP contribution >= 0.6 is 11.6 Å². The Morgan fingerprint density at radius 1 is 1.45 bits per heavy atom. The van der Waals surface area contributed by atoms with Crippen LogP contribution in [0.5, 0.6) is 0 Å². The molecule has 10 heteroatoms. The maximum atomic E-state index is 13.4. The summed E-state index contributed by atoms with van der Waals surface area (Å²) in [4.78, 5) is 22.7. The molecule has 1 aromatic carbocycles. The number of amides is 2. The van der Waals surface area contributed by atoms with E-state index in [4.69, 9.17) is 11.6 Å². The van der Waals surface area contributed by atoms with E-state index in [9.17, 15) is 19.4 Å². The zero-order valence-electron chi connectivity index (χ0n) is 16.1. The van der Waals surface area contributed by atoms with Crippen LogP contribution in [-0.4, -0.2) is 50.3 Å². The standard InChI is InChI=1S/C19H23ClFN5O3/c1-10(2)23-18-22-6-12-15(24-18)7-26(8-17(12)28)19(29)25-16(9-27)11-3-4-14(21)13(20)5-11/h3-6,10,16-17,27-28H,7-9H2,1-2H3,(H,25,29)(H,22,23,24)/t16-,17?/m1/s1. The van der Waals surface area contributed by atoms with Gasteiger partial charge in [-0.1, -0.05) is 17.7 Å². The first-order chi connectivity index (χ1) is 13.8. The molecule has 29 heavy (non-hydrogen) atoms. The zero-order chi connectivity index (χ0) is 21.1. The summed E-state index contributed by atoms with van der Waals surface area (Å²) in [7, 11) is 0. The van der Waals surface area contributed by atoms with Crippen molar-refractivity contribution >= 4 is 23.6 Å². The van der Waals surface area contributed by atoms with Crippen LogP contribution in [0.1, 0.15) is 42.8 Å². The molecule has 0 aliphatic carbocycles. The summed E-state index contributed by atoms with van der Waals surface area (Å²) in [6.45, 7) is 3.74. The van der Waals surface area contributed by atoms with E-state index < -0.39 is 30.6 Å². The quantitative estimate of drug-likeness (QED) is 0.587. The number of carbonyl (C=O) groups is 1. The van der Waals surface area contributed by atoms with Crippen molar-refractivity contribution in [2.24, 2.45) is 0 Å². The molecule has 2 amide bonds. The van der Waals surface area contributed by atoms with Gasteiger partial charge in [0.25, 0.3) is 0 Å². The second kappa shape index (κ2) is 8.89. The monoisotopic (exact) mass is 423 g/mol. The summed E-state index contributed by atoms with van der Waals surface area (Å²) in [5, 5.41) is 25.7. The molecule has 0 radical (unpaired) electrons. The highest BCUT2D eigenvalue weighted by Gasteiger charge is 2.30. The predicted octanol–water partition coefficient (Wildman–Crippen LogP) is 2.38. The number of hydrogen-bond donors (Lipinski definition) is 4. The summed E-state index contributed by atoms with van der Waals surface area (Å²) < 4.78 is 13.4. The van der Waals surface area contributed by atoms with E-state index in [0.29, 0.717) is 22.8 Å². The van der Waals surface area contributed by atoms with Crippen LogP contribution in [0.4, 0.5) is 15.1 Å². The van der Waals surface area contributed by atoms with Gasteiger partial charge in [-0.2, -0.15) is 0 Å². The molecule has 1 aliphatic rings. The Labute approximate surface area is 172 Å². The van der Waals surface area contributed by atoms with Gasteiger partial charge in [0.05, 0.1) is 42.6 Å². The summed E-state index contributed by atoms with van der Waals surface area (Å²) in [5.41, 5.74) is 1.59. The molecule has 0 fully saturated rings. The van der Waals surface area contributed by atoms with Gasteiger partial charge in [-0.3, -0.25) is 0 Å². The van der Waals surface area contributed by atoms with Gasteiger partial charge in [-0.15, -0.1) is 0 Å². The van der Waals surface area contributed by atoms with Gasteiger partial charge in [-0.05, 0) is 31.5 Å². The molecule has 0 bridgehead atoms. The molecule has 1 aromatic heterocycles. The number of aliphatic hydroxyl groups excluding tert-OH is 2. The van der Waals surface area contributed by atoms with Gasteiger partial charge in [0, 0.05) is 17.8 Å². The molecular formula is C19H23ClFN5O3. The molecule has 2 aromatic rings. The maximum Gasteiger partial charge on any atom is 0.318 e. The molecule has 3 rings (SSSR count). The van der Waals surface area contributed by atoms with Crippen LogP contribution in [0, 0.1) is 5.82 Å². The number of β-amino-alcohol motifs (C(OH)–C–C–N with tert-alkyl or cyclic N) is 1. The number of aromatic nitrogens is 2. The highest BCUT2D eigenvalue weighted by atomic mass is 35.5. The van der Waals surface area contributed by atoms with E-state index in [-0.39, 0.29) is 24.2 Å². The fourth-order valence-electron chi connectivity index (χ4n) is 3.07. The first kappa shape index (κ1) is 21.2. The van der Waals surface area contributed by atoms with Gasteiger partial charge in [0.15, 0.2) is 0 Å². The summed E-state index contributed by atoms with van der Waals surface area (Å²) >= 11 is 5.79. The van der Waals surface area contributed by atoms with Gasteiger partial charge in [0.2, 0.25) is 5.95 Å². The third-order valence-electron chi connectivity index (χ3n) is 4.52. The fraction of sp³-hybridized carbons (Fsp3) is 0.421. The Morgan fingerprint density at radius 2 is 2.21 bits per heavy atom. The van der Waals surface area contributed by atoms with Crippen LogP contribution in [0.15, 0.2) is 24.4 Å². The Hall–Kier alpha value is -2.49. The Balaban J connectivity index is 1.75. The summed E-state index contributed by atoms with van der Waals surface area (Å²) in [6.07, 6.45) is 0.634.